The van der Waals surface area contributed by atoms with Crippen LogP contribution in [0.5, 0.6) is 0 Å². The van der Waals surface area contributed by atoms with Crippen LogP contribution in [0.15, 0.2) is 24.3 Å². The molecule has 3 rings (SSSR count). The SMILES string of the molecule is CN(C)c1ccc([C@H]2N[C@H]3CCCC[C@H]3O2)cc1. The van der Waals surface area contributed by atoms with Gasteiger partial charge in [-0.05, 0) is 30.5 Å². The minimum absolute atomic E-state index is 0.0920. The molecule has 1 aromatic rings. The third-order valence-electron chi connectivity index (χ3n) is 4.09. The monoisotopic (exact) mass is 246 g/mol. The van der Waals surface area contributed by atoms with Crippen molar-refractivity contribution in [3.05, 3.63) is 29.8 Å². The van der Waals surface area contributed by atoms with Crippen LogP contribution in [0.2, 0.25) is 0 Å². The molecule has 3 nitrogen and oxygen atoms in total. The minimum atomic E-state index is 0.0920. The fourth-order valence-electron chi connectivity index (χ4n) is 2.98. The minimum Gasteiger partial charge on any atom is -0.378 e. The summed E-state index contributed by atoms with van der Waals surface area (Å²) in [5.41, 5.74) is 2.48. The van der Waals surface area contributed by atoms with Crippen molar-refractivity contribution in [2.45, 2.75) is 44.1 Å². The molecule has 0 radical (unpaired) electrons. The maximum Gasteiger partial charge on any atom is 0.135 e. The van der Waals surface area contributed by atoms with E-state index in [4.69, 9.17) is 4.74 Å². The summed E-state index contributed by atoms with van der Waals surface area (Å²) in [6.45, 7) is 0. The first kappa shape index (κ1) is 12.0. The molecule has 3 atom stereocenters. The van der Waals surface area contributed by atoms with Gasteiger partial charge in [-0.1, -0.05) is 25.0 Å². The van der Waals surface area contributed by atoms with E-state index in [1.54, 1.807) is 0 Å². The molecule has 2 fully saturated rings. The molecule has 0 spiro atoms. The molecule has 1 heterocycles. The number of anilines is 1. The van der Waals surface area contributed by atoms with Gasteiger partial charge in [-0.2, -0.15) is 0 Å². The number of nitrogens with one attached hydrogen (secondary N) is 1. The molecule has 2 aliphatic rings. The van der Waals surface area contributed by atoms with Crippen molar-refractivity contribution in [1.82, 2.24) is 5.32 Å². The molecule has 0 unspecified atom stereocenters. The van der Waals surface area contributed by atoms with Crippen molar-refractivity contribution in [2.75, 3.05) is 19.0 Å². The van der Waals surface area contributed by atoms with Crippen molar-refractivity contribution >= 4 is 5.69 Å². The van der Waals surface area contributed by atoms with Crippen LogP contribution in [-0.2, 0) is 4.74 Å². The zero-order chi connectivity index (χ0) is 12.5. The van der Waals surface area contributed by atoms with Gasteiger partial charge in [0.05, 0.1) is 6.10 Å². The lowest BCUT2D eigenvalue weighted by Crippen LogP contribution is -2.33. The Morgan fingerprint density at radius 2 is 1.83 bits per heavy atom. The Kier molecular flexibility index (Phi) is 3.27. The van der Waals surface area contributed by atoms with E-state index >= 15 is 0 Å². The second-order valence-electron chi connectivity index (χ2n) is 5.60. The molecule has 3 heteroatoms. The first-order chi connectivity index (χ1) is 8.74. The fraction of sp³-hybridized carbons (Fsp3) is 0.600. The summed E-state index contributed by atoms with van der Waals surface area (Å²) in [6.07, 6.45) is 5.64. The molecule has 1 aliphatic heterocycles. The lowest BCUT2D eigenvalue weighted by molar-refractivity contribution is 0.0247. The summed E-state index contributed by atoms with van der Waals surface area (Å²) in [5, 5.41) is 3.62. The number of fused-ring (bicyclic) bond motifs is 1. The number of ether oxygens (including phenoxy) is 1. The molecule has 0 aromatic heterocycles. The zero-order valence-electron chi connectivity index (χ0n) is 11.2. The van der Waals surface area contributed by atoms with E-state index in [0.717, 1.165) is 0 Å². The van der Waals surface area contributed by atoms with Crippen molar-refractivity contribution in [1.29, 1.82) is 0 Å². The standard InChI is InChI=1S/C15H22N2O/c1-17(2)12-9-7-11(8-10-12)15-16-13-5-3-4-6-14(13)18-15/h7-10,13-16H,3-6H2,1-2H3/t13-,14+,15-/m0/s1. The Morgan fingerprint density at radius 1 is 1.11 bits per heavy atom. The summed E-state index contributed by atoms with van der Waals surface area (Å²) in [7, 11) is 4.13. The third kappa shape index (κ3) is 2.25. The van der Waals surface area contributed by atoms with Gasteiger partial charge in [-0.3, -0.25) is 5.32 Å². The molecule has 1 N–H and O–H groups in total. The van der Waals surface area contributed by atoms with Crippen LogP contribution in [0.3, 0.4) is 0 Å². The Labute approximate surface area is 109 Å². The third-order valence-corrected chi connectivity index (χ3v) is 4.09. The van der Waals surface area contributed by atoms with E-state index < -0.39 is 0 Å². The van der Waals surface area contributed by atoms with E-state index in [1.165, 1.54) is 36.9 Å². The number of rotatable bonds is 2. The van der Waals surface area contributed by atoms with Crippen LogP contribution in [0.25, 0.3) is 0 Å². The largest absolute Gasteiger partial charge is 0.378 e. The van der Waals surface area contributed by atoms with E-state index in [0.29, 0.717) is 12.1 Å². The maximum absolute atomic E-state index is 6.13. The van der Waals surface area contributed by atoms with E-state index in [-0.39, 0.29) is 6.23 Å². The summed E-state index contributed by atoms with van der Waals surface area (Å²) in [6, 6.07) is 9.22. The summed E-state index contributed by atoms with van der Waals surface area (Å²) >= 11 is 0. The van der Waals surface area contributed by atoms with Gasteiger partial charge in [0.2, 0.25) is 0 Å². The van der Waals surface area contributed by atoms with Gasteiger partial charge in [0.25, 0.3) is 0 Å². The van der Waals surface area contributed by atoms with Gasteiger partial charge in [0.15, 0.2) is 0 Å². The smallest absolute Gasteiger partial charge is 0.135 e. The van der Waals surface area contributed by atoms with Crippen LogP contribution in [0.4, 0.5) is 5.69 Å². The molecular weight excluding hydrogens is 224 g/mol. The predicted molar refractivity (Wildman–Crippen MR) is 73.8 cm³/mol. The van der Waals surface area contributed by atoms with Crippen molar-refractivity contribution < 1.29 is 4.74 Å². The van der Waals surface area contributed by atoms with Gasteiger partial charge in [0.1, 0.15) is 6.23 Å². The van der Waals surface area contributed by atoms with E-state index in [2.05, 4.69) is 48.6 Å². The van der Waals surface area contributed by atoms with Crippen molar-refractivity contribution in [3.63, 3.8) is 0 Å². The second kappa shape index (κ2) is 4.90. The quantitative estimate of drug-likeness (QED) is 0.868. The number of benzene rings is 1. The molecule has 0 amide bonds. The van der Waals surface area contributed by atoms with Gasteiger partial charge in [-0.25, -0.2) is 0 Å². The average Bonchev–Trinajstić information content (AvgIpc) is 2.82. The number of nitrogens with zero attached hydrogens (tertiary/aromatic N) is 1. The highest BCUT2D eigenvalue weighted by Gasteiger charge is 2.36. The zero-order valence-corrected chi connectivity index (χ0v) is 11.2. The van der Waals surface area contributed by atoms with Crippen molar-refractivity contribution in [3.8, 4) is 0 Å². The Morgan fingerprint density at radius 3 is 2.50 bits per heavy atom. The topological polar surface area (TPSA) is 24.5 Å². The van der Waals surface area contributed by atoms with Crippen LogP contribution >= 0.6 is 0 Å². The van der Waals surface area contributed by atoms with Crippen LogP contribution in [0.1, 0.15) is 37.5 Å². The predicted octanol–water partition coefficient (Wildman–Crippen LogP) is 2.68. The lowest BCUT2D eigenvalue weighted by Gasteiger charge is -2.22. The summed E-state index contributed by atoms with van der Waals surface area (Å²) in [4.78, 5) is 2.12. The molecule has 1 aromatic carbocycles. The summed E-state index contributed by atoms with van der Waals surface area (Å²) in [5.74, 6) is 0. The molecule has 0 bridgehead atoms. The lowest BCUT2D eigenvalue weighted by atomic mass is 9.93. The molecule has 1 aliphatic carbocycles. The fourth-order valence-corrected chi connectivity index (χ4v) is 2.98. The molecule has 98 valence electrons. The van der Waals surface area contributed by atoms with Crippen molar-refractivity contribution in [2.24, 2.45) is 0 Å². The van der Waals surface area contributed by atoms with Gasteiger partial charge in [0, 0.05) is 25.8 Å². The van der Waals surface area contributed by atoms with E-state index in [9.17, 15) is 0 Å². The maximum atomic E-state index is 6.13. The normalized spacial score (nSPS) is 31.1. The Bertz CT molecular complexity index is 387. The highest BCUT2D eigenvalue weighted by Crippen LogP contribution is 2.33. The van der Waals surface area contributed by atoms with Gasteiger partial charge < -0.3 is 9.64 Å². The number of hydrogen-bond acceptors (Lipinski definition) is 3. The van der Waals surface area contributed by atoms with Gasteiger partial charge >= 0.3 is 0 Å². The number of hydrogen-bond donors (Lipinski definition) is 1. The Balaban J connectivity index is 1.71. The first-order valence-corrected chi connectivity index (χ1v) is 6.93. The molecule has 18 heavy (non-hydrogen) atoms. The first-order valence-electron chi connectivity index (χ1n) is 6.93. The average molecular weight is 246 g/mol. The van der Waals surface area contributed by atoms with E-state index in [1.807, 2.05) is 0 Å². The second-order valence-corrected chi connectivity index (χ2v) is 5.60. The van der Waals surface area contributed by atoms with Gasteiger partial charge in [-0.15, -0.1) is 0 Å². The van der Waals surface area contributed by atoms with Crippen LogP contribution < -0.4 is 10.2 Å². The molecular formula is C15H22N2O. The summed E-state index contributed by atoms with van der Waals surface area (Å²) < 4.78 is 6.13. The highest BCUT2D eigenvalue weighted by atomic mass is 16.5. The Hall–Kier alpha value is -1.06. The molecule has 1 saturated carbocycles. The highest BCUT2D eigenvalue weighted by molar-refractivity contribution is 5.46. The van der Waals surface area contributed by atoms with Crippen LogP contribution in [0, 0.1) is 0 Å². The van der Waals surface area contributed by atoms with Crippen LogP contribution in [-0.4, -0.2) is 26.2 Å². The molecule has 1 saturated heterocycles.